The molecule has 0 aliphatic rings. The number of rotatable bonds is 7. The number of amides is 1. The summed E-state index contributed by atoms with van der Waals surface area (Å²) in [5, 5.41) is 0.564. The maximum Gasteiger partial charge on any atom is 0.264 e. The third-order valence-electron chi connectivity index (χ3n) is 4.90. The zero-order valence-electron chi connectivity index (χ0n) is 17.3. The first-order chi connectivity index (χ1) is 14.1. The molecule has 0 unspecified atom stereocenters. The van der Waals surface area contributed by atoms with Gasteiger partial charge in [-0.05, 0) is 18.2 Å². The summed E-state index contributed by atoms with van der Waals surface area (Å²) in [6.45, 7) is 0. The smallest absolute Gasteiger partial charge is 0.264 e. The van der Waals surface area contributed by atoms with Gasteiger partial charge in [-0.3, -0.25) is 9.10 Å². The van der Waals surface area contributed by atoms with Crippen LogP contribution in [0.3, 0.4) is 0 Å². The lowest BCUT2D eigenvalue weighted by atomic mass is 10.1. The van der Waals surface area contributed by atoms with Crippen molar-refractivity contribution in [3.05, 3.63) is 42.1 Å². The molecule has 0 radical (unpaired) electrons. The quantitative estimate of drug-likeness (QED) is 0.611. The van der Waals surface area contributed by atoms with Crippen LogP contribution in [0.2, 0.25) is 0 Å². The summed E-state index contributed by atoms with van der Waals surface area (Å²) in [4.78, 5) is 11.7. The number of aryl methyl sites for hydroxylation is 1. The van der Waals surface area contributed by atoms with E-state index in [0.29, 0.717) is 22.4 Å². The number of nitrogens with two attached hydrogens (primary N) is 1. The van der Waals surface area contributed by atoms with Crippen molar-refractivity contribution in [2.75, 3.05) is 32.7 Å². The second-order valence-corrected chi connectivity index (χ2v) is 8.52. The van der Waals surface area contributed by atoms with Crippen LogP contribution in [0.15, 0.2) is 41.4 Å². The van der Waals surface area contributed by atoms with E-state index < -0.39 is 15.9 Å². The summed E-state index contributed by atoms with van der Waals surface area (Å²) in [6, 6.07) is 7.73. The number of primary amides is 1. The topological polar surface area (TPSA) is 113 Å². The lowest BCUT2D eigenvalue weighted by molar-refractivity contribution is 0.100. The number of nitrogens with zero attached hydrogens (tertiary/aromatic N) is 2. The molecule has 0 spiro atoms. The van der Waals surface area contributed by atoms with Crippen LogP contribution in [0.25, 0.3) is 10.9 Å². The van der Waals surface area contributed by atoms with E-state index in [-0.39, 0.29) is 16.4 Å². The lowest BCUT2D eigenvalue weighted by Gasteiger charge is -2.21. The van der Waals surface area contributed by atoms with Crippen LogP contribution >= 0.6 is 0 Å². The average molecular weight is 433 g/mol. The molecule has 3 rings (SSSR count). The van der Waals surface area contributed by atoms with Gasteiger partial charge in [0.15, 0.2) is 11.5 Å². The number of carbonyl (C=O) groups excluding carboxylic acids is 1. The van der Waals surface area contributed by atoms with Gasteiger partial charge in [-0.2, -0.15) is 0 Å². The summed E-state index contributed by atoms with van der Waals surface area (Å²) in [5.74, 6) is 0.142. The Morgan fingerprint density at radius 2 is 1.63 bits per heavy atom. The summed E-state index contributed by atoms with van der Waals surface area (Å²) < 4.78 is 45.3. The van der Waals surface area contributed by atoms with Gasteiger partial charge in [0, 0.05) is 43.3 Å². The molecule has 0 saturated carbocycles. The van der Waals surface area contributed by atoms with Crippen molar-refractivity contribution in [3.8, 4) is 17.2 Å². The fourth-order valence-electron chi connectivity index (χ4n) is 3.28. The molecule has 10 heteroatoms. The van der Waals surface area contributed by atoms with Crippen LogP contribution in [-0.2, 0) is 17.1 Å². The van der Waals surface area contributed by atoms with E-state index in [4.69, 9.17) is 19.9 Å². The van der Waals surface area contributed by atoms with Gasteiger partial charge in [-0.1, -0.05) is 0 Å². The Hall–Kier alpha value is -3.40. The van der Waals surface area contributed by atoms with Crippen molar-refractivity contribution in [2.24, 2.45) is 12.8 Å². The first-order valence-corrected chi connectivity index (χ1v) is 10.3. The number of benzene rings is 2. The number of sulfonamides is 1. The van der Waals surface area contributed by atoms with Gasteiger partial charge in [0.05, 0.1) is 37.5 Å². The number of carbonyl (C=O) groups is 1. The average Bonchev–Trinajstić information content (AvgIpc) is 3.08. The van der Waals surface area contributed by atoms with E-state index in [1.54, 1.807) is 36.0 Å². The van der Waals surface area contributed by atoms with Gasteiger partial charge < -0.3 is 24.5 Å². The molecule has 1 heterocycles. The highest BCUT2D eigenvalue weighted by Gasteiger charge is 2.26. The molecule has 1 amide bonds. The van der Waals surface area contributed by atoms with E-state index in [1.165, 1.54) is 40.5 Å². The summed E-state index contributed by atoms with van der Waals surface area (Å²) >= 11 is 0. The molecule has 0 fully saturated rings. The van der Waals surface area contributed by atoms with Crippen LogP contribution < -0.4 is 24.2 Å². The van der Waals surface area contributed by atoms with Crippen molar-refractivity contribution in [3.63, 3.8) is 0 Å². The molecule has 0 aliphatic carbocycles. The molecule has 2 N–H and O–H groups in total. The minimum absolute atomic E-state index is 0.0391. The number of anilines is 1. The maximum atomic E-state index is 13.3. The minimum Gasteiger partial charge on any atom is -0.493 e. The largest absolute Gasteiger partial charge is 0.493 e. The van der Waals surface area contributed by atoms with Gasteiger partial charge in [0.2, 0.25) is 5.75 Å². The Morgan fingerprint density at radius 3 is 2.13 bits per heavy atom. The third kappa shape index (κ3) is 3.39. The third-order valence-corrected chi connectivity index (χ3v) is 6.66. The first kappa shape index (κ1) is 21.3. The van der Waals surface area contributed by atoms with Crippen molar-refractivity contribution >= 4 is 32.5 Å². The fraction of sp³-hybridized carbons (Fsp3) is 0.250. The number of ether oxygens (including phenoxy) is 3. The van der Waals surface area contributed by atoms with E-state index in [1.807, 2.05) is 0 Å². The molecule has 0 bridgehead atoms. The monoisotopic (exact) mass is 433 g/mol. The summed E-state index contributed by atoms with van der Waals surface area (Å²) in [5.41, 5.74) is 6.90. The van der Waals surface area contributed by atoms with Crippen LogP contribution in [0.5, 0.6) is 17.2 Å². The summed E-state index contributed by atoms with van der Waals surface area (Å²) in [6.07, 6.45) is 1.62. The van der Waals surface area contributed by atoms with Gasteiger partial charge in [-0.25, -0.2) is 8.42 Å². The van der Waals surface area contributed by atoms with E-state index >= 15 is 0 Å². The Balaban J connectivity index is 2.13. The highest BCUT2D eigenvalue weighted by atomic mass is 32.2. The molecule has 9 nitrogen and oxygen atoms in total. The highest BCUT2D eigenvalue weighted by Crippen LogP contribution is 2.40. The molecule has 2 aromatic carbocycles. The predicted octanol–water partition coefficient (Wildman–Crippen LogP) is 2.13. The number of hydrogen-bond acceptors (Lipinski definition) is 6. The van der Waals surface area contributed by atoms with Crippen molar-refractivity contribution in [1.29, 1.82) is 0 Å². The molecule has 30 heavy (non-hydrogen) atoms. The van der Waals surface area contributed by atoms with Crippen LogP contribution in [0.4, 0.5) is 5.69 Å². The Kier molecular flexibility index (Phi) is 5.53. The van der Waals surface area contributed by atoms with E-state index in [2.05, 4.69) is 0 Å². The molecule has 0 atom stereocenters. The van der Waals surface area contributed by atoms with Crippen LogP contribution in [-0.4, -0.2) is 47.3 Å². The molecule has 3 aromatic rings. The Bertz CT molecular complexity index is 1210. The van der Waals surface area contributed by atoms with Crippen LogP contribution in [0.1, 0.15) is 10.4 Å². The number of fused-ring (bicyclic) bond motifs is 1. The van der Waals surface area contributed by atoms with Gasteiger partial charge >= 0.3 is 0 Å². The molecular formula is C20H23N3O6S. The molecule has 0 aliphatic heterocycles. The van der Waals surface area contributed by atoms with E-state index in [9.17, 15) is 13.2 Å². The Labute approximate surface area is 174 Å². The van der Waals surface area contributed by atoms with Crippen molar-refractivity contribution in [1.82, 2.24) is 4.57 Å². The van der Waals surface area contributed by atoms with E-state index in [0.717, 1.165) is 9.82 Å². The normalized spacial score (nSPS) is 11.4. The van der Waals surface area contributed by atoms with Gasteiger partial charge in [-0.15, -0.1) is 0 Å². The molecular weight excluding hydrogens is 410 g/mol. The first-order valence-electron chi connectivity index (χ1n) is 8.83. The van der Waals surface area contributed by atoms with Crippen LogP contribution in [0, 0.1) is 0 Å². The predicted molar refractivity (Wildman–Crippen MR) is 113 cm³/mol. The number of methoxy groups -OCH3 is 3. The van der Waals surface area contributed by atoms with Crippen molar-refractivity contribution in [2.45, 2.75) is 4.90 Å². The van der Waals surface area contributed by atoms with Crippen molar-refractivity contribution < 1.29 is 27.4 Å². The number of hydrogen-bond donors (Lipinski definition) is 1. The SMILES string of the molecule is COc1cc(S(=O)(=O)N(C)c2ccc3c(c2)c(C(N)=O)cn3C)cc(OC)c1OC. The number of aromatic nitrogens is 1. The van der Waals surface area contributed by atoms with Gasteiger partial charge in [0.25, 0.3) is 15.9 Å². The standard InChI is InChI=1S/C20H23N3O6S/c1-22-11-15(20(21)24)14-8-12(6-7-16(14)22)23(2)30(25,26)13-9-17(27-3)19(29-5)18(10-13)28-4/h6-11H,1-5H3,(H2,21,24). The fourth-order valence-corrected chi connectivity index (χ4v) is 4.49. The molecule has 160 valence electrons. The highest BCUT2D eigenvalue weighted by molar-refractivity contribution is 7.92. The second kappa shape index (κ2) is 7.79. The molecule has 1 aromatic heterocycles. The Morgan fingerprint density at radius 1 is 1.03 bits per heavy atom. The lowest BCUT2D eigenvalue weighted by Crippen LogP contribution is -2.26. The molecule has 0 saturated heterocycles. The minimum atomic E-state index is -3.98. The zero-order chi connectivity index (χ0) is 22.2. The maximum absolute atomic E-state index is 13.3. The zero-order valence-corrected chi connectivity index (χ0v) is 18.1. The summed E-state index contributed by atoms with van der Waals surface area (Å²) in [7, 11) is 3.48. The van der Waals surface area contributed by atoms with Gasteiger partial charge in [0.1, 0.15) is 0 Å². The second-order valence-electron chi connectivity index (χ2n) is 6.55.